The highest BCUT2D eigenvalue weighted by Gasteiger charge is 2.10. The van der Waals surface area contributed by atoms with Crippen molar-refractivity contribution in [1.82, 2.24) is 9.97 Å². The summed E-state index contributed by atoms with van der Waals surface area (Å²) >= 11 is 0. The molecule has 7 heteroatoms. The maximum atomic E-state index is 12.5. The van der Waals surface area contributed by atoms with E-state index in [1.165, 1.54) is 6.20 Å². The van der Waals surface area contributed by atoms with Gasteiger partial charge in [-0.05, 0) is 24.3 Å². The number of hydrogen-bond donors (Lipinski definition) is 2. The molecule has 1 amide bonds. The highest BCUT2D eigenvalue weighted by Crippen LogP contribution is 2.19. The Bertz CT molecular complexity index is 930. The van der Waals surface area contributed by atoms with Crippen molar-refractivity contribution in [3.63, 3.8) is 0 Å². The van der Waals surface area contributed by atoms with Crippen LogP contribution in [0.2, 0.25) is 0 Å². The molecule has 0 radical (unpaired) electrons. The largest absolute Gasteiger partial charge is 0.497 e. The second-order valence-electron chi connectivity index (χ2n) is 5.62. The molecule has 27 heavy (non-hydrogen) atoms. The average molecular weight is 364 g/mol. The van der Waals surface area contributed by atoms with Gasteiger partial charge in [0.2, 0.25) is 5.95 Å². The Morgan fingerprint density at radius 2 is 1.89 bits per heavy atom. The number of rotatable bonds is 7. The van der Waals surface area contributed by atoms with Crippen LogP contribution in [0, 0.1) is 0 Å². The van der Waals surface area contributed by atoms with Crippen molar-refractivity contribution in [2.24, 2.45) is 0 Å². The Balaban J connectivity index is 1.68. The van der Waals surface area contributed by atoms with Crippen LogP contribution in [0.25, 0.3) is 0 Å². The summed E-state index contributed by atoms with van der Waals surface area (Å²) in [5.41, 5.74) is 1.85. The van der Waals surface area contributed by atoms with E-state index in [1.807, 2.05) is 24.3 Å². The van der Waals surface area contributed by atoms with Gasteiger partial charge in [-0.25, -0.2) is 9.97 Å². The van der Waals surface area contributed by atoms with Gasteiger partial charge >= 0.3 is 0 Å². The fraction of sp³-hybridized carbons (Fsp3) is 0.150. The Morgan fingerprint density at radius 1 is 1.04 bits per heavy atom. The van der Waals surface area contributed by atoms with Crippen LogP contribution in [-0.4, -0.2) is 30.1 Å². The average Bonchev–Trinajstić information content (AvgIpc) is 2.72. The molecule has 0 atom stereocenters. The third-order valence-corrected chi connectivity index (χ3v) is 3.85. The number of carbonyl (C=O) groups is 1. The number of nitrogens with zero attached hydrogens (tertiary/aromatic N) is 2. The summed E-state index contributed by atoms with van der Waals surface area (Å²) in [6.45, 7) is 0.477. The molecule has 0 fully saturated rings. The molecular formula is C20H20N4O3. The van der Waals surface area contributed by atoms with Crippen LogP contribution in [0.15, 0.2) is 60.8 Å². The van der Waals surface area contributed by atoms with Gasteiger partial charge in [-0.15, -0.1) is 0 Å². The topological polar surface area (TPSA) is 85.4 Å². The monoisotopic (exact) mass is 364 g/mol. The van der Waals surface area contributed by atoms with Gasteiger partial charge in [-0.2, -0.15) is 0 Å². The summed E-state index contributed by atoms with van der Waals surface area (Å²) in [6.07, 6.45) is 1.54. The van der Waals surface area contributed by atoms with Crippen molar-refractivity contribution in [1.29, 1.82) is 0 Å². The Hall–Kier alpha value is -3.61. The Kier molecular flexibility index (Phi) is 5.84. The minimum Gasteiger partial charge on any atom is -0.497 e. The molecule has 3 aromatic rings. The van der Waals surface area contributed by atoms with Gasteiger partial charge in [0.15, 0.2) is 0 Å². The van der Waals surface area contributed by atoms with Crippen molar-refractivity contribution in [3.8, 4) is 11.5 Å². The van der Waals surface area contributed by atoms with E-state index in [1.54, 1.807) is 44.6 Å². The van der Waals surface area contributed by atoms with Crippen molar-refractivity contribution < 1.29 is 14.3 Å². The van der Waals surface area contributed by atoms with E-state index in [2.05, 4.69) is 20.6 Å². The number of methoxy groups -OCH3 is 2. The van der Waals surface area contributed by atoms with E-state index in [0.717, 1.165) is 11.3 Å². The fourth-order valence-electron chi connectivity index (χ4n) is 2.49. The van der Waals surface area contributed by atoms with Gasteiger partial charge in [-0.3, -0.25) is 4.79 Å². The summed E-state index contributed by atoms with van der Waals surface area (Å²) < 4.78 is 10.5. The lowest BCUT2D eigenvalue weighted by atomic mass is 10.2. The van der Waals surface area contributed by atoms with E-state index >= 15 is 0 Å². The zero-order chi connectivity index (χ0) is 19.1. The minimum atomic E-state index is -0.328. The first-order chi connectivity index (χ1) is 13.2. The van der Waals surface area contributed by atoms with Crippen molar-refractivity contribution in [3.05, 3.63) is 72.1 Å². The molecule has 3 rings (SSSR count). The number of anilines is 2. The zero-order valence-corrected chi connectivity index (χ0v) is 15.1. The van der Waals surface area contributed by atoms with Crippen LogP contribution >= 0.6 is 0 Å². The summed E-state index contributed by atoms with van der Waals surface area (Å²) in [7, 11) is 3.20. The molecule has 1 aromatic heterocycles. The van der Waals surface area contributed by atoms with Crippen LogP contribution in [0.4, 0.5) is 11.6 Å². The lowest BCUT2D eigenvalue weighted by Gasteiger charge is -2.10. The number of aromatic nitrogens is 2. The maximum absolute atomic E-state index is 12.5. The van der Waals surface area contributed by atoms with Crippen molar-refractivity contribution >= 4 is 17.5 Å². The lowest BCUT2D eigenvalue weighted by Crippen LogP contribution is -2.15. The molecule has 0 bridgehead atoms. The Labute approximate surface area is 157 Å². The first kappa shape index (κ1) is 18.2. The smallest absolute Gasteiger partial charge is 0.274 e. The van der Waals surface area contributed by atoms with Gasteiger partial charge in [0.05, 0.1) is 14.2 Å². The molecule has 0 unspecified atom stereocenters. The molecule has 0 saturated carbocycles. The van der Waals surface area contributed by atoms with Gasteiger partial charge in [0.1, 0.15) is 17.2 Å². The number of carbonyl (C=O) groups excluding carboxylic acids is 1. The number of nitrogens with one attached hydrogen (secondary N) is 2. The van der Waals surface area contributed by atoms with Crippen molar-refractivity contribution in [2.75, 3.05) is 24.9 Å². The highest BCUT2D eigenvalue weighted by molar-refractivity contribution is 6.03. The SMILES string of the molecule is COc1cccc(NC(=O)c2ccnc(NCc3ccccc3OC)n2)c1. The predicted molar refractivity (Wildman–Crippen MR) is 103 cm³/mol. The second kappa shape index (κ2) is 8.66. The molecule has 0 aliphatic heterocycles. The van der Waals surface area contributed by atoms with Crippen LogP contribution in [-0.2, 0) is 6.54 Å². The molecular weight excluding hydrogens is 344 g/mol. The van der Waals surface area contributed by atoms with E-state index < -0.39 is 0 Å². The number of para-hydroxylation sites is 1. The molecule has 2 N–H and O–H groups in total. The summed E-state index contributed by atoms with van der Waals surface area (Å²) in [4.78, 5) is 20.9. The molecule has 1 heterocycles. The van der Waals surface area contributed by atoms with E-state index in [-0.39, 0.29) is 11.6 Å². The Morgan fingerprint density at radius 3 is 2.70 bits per heavy atom. The van der Waals surface area contributed by atoms with E-state index in [9.17, 15) is 4.79 Å². The first-order valence-corrected chi connectivity index (χ1v) is 8.34. The third-order valence-electron chi connectivity index (χ3n) is 3.85. The summed E-state index contributed by atoms with van der Waals surface area (Å²) in [6, 6.07) is 16.4. The molecule has 0 saturated heterocycles. The normalized spacial score (nSPS) is 10.1. The zero-order valence-electron chi connectivity index (χ0n) is 15.1. The number of amides is 1. The van der Waals surface area contributed by atoms with Crippen LogP contribution in [0.1, 0.15) is 16.1 Å². The fourth-order valence-corrected chi connectivity index (χ4v) is 2.49. The molecule has 7 nitrogen and oxygen atoms in total. The first-order valence-electron chi connectivity index (χ1n) is 8.34. The number of hydrogen-bond acceptors (Lipinski definition) is 6. The molecule has 2 aromatic carbocycles. The van der Waals surface area contributed by atoms with Crippen LogP contribution in [0.5, 0.6) is 11.5 Å². The highest BCUT2D eigenvalue weighted by atomic mass is 16.5. The maximum Gasteiger partial charge on any atom is 0.274 e. The number of benzene rings is 2. The number of ether oxygens (including phenoxy) is 2. The summed E-state index contributed by atoms with van der Waals surface area (Å²) in [5.74, 6) is 1.47. The molecule has 0 spiro atoms. The van der Waals surface area contributed by atoms with Gasteiger partial charge in [0, 0.05) is 30.1 Å². The minimum absolute atomic E-state index is 0.260. The van der Waals surface area contributed by atoms with Gasteiger partial charge < -0.3 is 20.1 Å². The molecule has 0 aliphatic rings. The van der Waals surface area contributed by atoms with E-state index in [4.69, 9.17) is 9.47 Å². The standard InChI is InChI=1S/C20H20N4O3/c1-26-16-8-5-7-15(12-16)23-19(25)17-10-11-21-20(24-17)22-13-14-6-3-4-9-18(14)27-2/h3-12H,13H2,1-2H3,(H,23,25)(H,21,22,24). The molecule has 0 aliphatic carbocycles. The van der Waals surface area contributed by atoms with Gasteiger partial charge in [-0.1, -0.05) is 24.3 Å². The van der Waals surface area contributed by atoms with Gasteiger partial charge in [0.25, 0.3) is 5.91 Å². The van der Waals surface area contributed by atoms with Crippen molar-refractivity contribution in [2.45, 2.75) is 6.54 Å². The lowest BCUT2D eigenvalue weighted by molar-refractivity contribution is 0.102. The summed E-state index contributed by atoms with van der Waals surface area (Å²) in [5, 5.41) is 5.91. The van der Waals surface area contributed by atoms with E-state index in [0.29, 0.717) is 23.9 Å². The second-order valence-corrected chi connectivity index (χ2v) is 5.62. The molecule has 138 valence electrons. The third kappa shape index (κ3) is 4.72. The van der Waals surface area contributed by atoms with Crippen LogP contribution < -0.4 is 20.1 Å². The van der Waals surface area contributed by atoms with Crippen LogP contribution in [0.3, 0.4) is 0 Å². The quantitative estimate of drug-likeness (QED) is 0.669. The predicted octanol–water partition coefficient (Wildman–Crippen LogP) is 3.36.